The van der Waals surface area contributed by atoms with Crippen LogP contribution in [0.2, 0.25) is 5.02 Å². The van der Waals surface area contributed by atoms with Crippen LogP contribution in [0.5, 0.6) is 0 Å². The molecule has 3 rings (SSSR count). The Balaban J connectivity index is 1.63. The number of carbonyl (C=O) groups excluding carboxylic acids is 2. The van der Waals surface area contributed by atoms with Crippen molar-refractivity contribution < 1.29 is 9.59 Å². The van der Waals surface area contributed by atoms with E-state index in [2.05, 4.69) is 11.4 Å². The molecule has 2 aliphatic rings. The number of para-hydroxylation sites is 1. The predicted octanol–water partition coefficient (Wildman–Crippen LogP) is 3.08. The summed E-state index contributed by atoms with van der Waals surface area (Å²) in [4.78, 5) is 25.1. The van der Waals surface area contributed by atoms with E-state index in [1.807, 2.05) is 0 Å². The molecule has 0 atom stereocenters. The molecule has 0 spiro atoms. The van der Waals surface area contributed by atoms with Crippen LogP contribution in [0.3, 0.4) is 0 Å². The monoisotopic (exact) mass is 331 g/mol. The standard InChI is InChI=1S/C17H18ClN3O2/c18-14-3-1-2-11(10-19)17(14)20-12-4-6-13(7-5-12)21-15(22)8-9-16(21)23/h1-3,12-13,20H,4-9H2. The summed E-state index contributed by atoms with van der Waals surface area (Å²) in [5.74, 6) is -0.0754. The molecule has 1 saturated heterocycles. The minimum absolute atomic E-state index is 0.0252. The summed E-state index contributed by atoms with van der Waals surface area (Å²) in [5.41, 5.74) is 1.21. The largest absolute Gasteiger partial charge is 0.380 e. The third kappa shape index (κ3) is 3.18. The Kier molecular flexibility index (Phi) is 4.53. The third-order valence-electron chi connectivity index (χ3n) is 4.63. The van der Waals surface area contributed by atoms with Crippen molar-refractivity contribution in [1.29, 1.82) is 5.26 Å². The molecule has 1 heterocycles. The van der Waals surface area contributed by atoms with Crippen LogP contribution in [-0.2, 0) is 9.59 Å². The SMILES string of the molecule is N#Cc1cccc(Cl)c1NC1CCC(N2C(=O)CCC2=O)CC1. The number of hydrogen-bond donors (Lipinski definition) is 1. The number of benzene rings is 1. The Hall–Kier alpha value is -2.06. The van der Waals surface area contributed by atoms with E-state index in [1.165, 1.54) is 4.90 Å². The highest BCUT2D eigenvalue weighted by Crippen LogP contribution is 2.32. The van der Waals surface area contributed by atoms with Crippen molar-refractivity contribution >= 4 is 29.1 Å². The fraction of sp³-hybridized carbons (Fsp3) is 0.471. The van der Waals surface area contributed by atoms with Gasteiger partial charge in [0.05, 0.1) is 16.3 Å². The second-order valence-electron chi connectivity index (χ2n) is 6.08. The van der Waals surface area contributed by atoms with Crippen molar-refractivity contribution in [1.82, 2.24) is 4.90 Å². The first-order valence-corrected chi connectivity index (χ1v) is 8.28. The molecule has 5 nitrogen and oxygen atoms in total. The van der Waals surface area contributed by atoms with Crippen molar-refractivity contribution in [3.63, 3.8) is 0 Å². The van der Waals surface area contributed by atoms with Crippen molar-refractivity contribution in [2.45, 2.75) is 50.6 Å². The number of amides is 2. The molecular weight excluding hydrogens is 314 g/mol. The lowest BCUT2D eigenvalue weighted by Crippen LogP contribution is -2.43. The summed E-state index contributed by atoms with van der Waals surface area (Å²) in [6.45, 7) is 0. The third-order valence-corrected chi connectivity index (χ3v) is 4.95. The normalized spacial score (nSPS) is 24.6. The zero-order valence-corrected chi connectivity index (χ0v) is 13.5. The number of hydrogen-bond acceptors (Lipinski definition) is 4. The molecule has 1 aromatic carbocycles. The van der Waals surface area contributed by atoms with Gasteiger partial charge in [-0.05, 0) is 37.8 Å². The molecule has 1 aliphatic heterocycles. The van der Waals surface area contributed by atoms with Crippen molar-refractivity contribution in [3.05, 3.63) is 28.8 Å². The molecule has 2 fully saturated rings. The lowest BCUT2D eigenvalue weighted by atomic mass is 9.90. The smallest absolute Gasteiger partial charge is 0.229 e. The average Bonchev–Trinajstić information content (AvgIpc) is 2.89. The van der Waals surface area contributed by atoms with Gasteiger partial charge in [-0.2, -0.15) is 5.26 Å². The van der Waals surface area contributed by atoms with Crippen LogP contribution in [0.1, 0.15) is 44.1 Å². The minimum atomic E-state index is -0.0377. The van der Waals surface area contributed by atoms with Gasteiger partial charge in [0.15, 0.2) is 0 Å². The molecule has 1 aromatic rings. The van der Waals surface area contributed by atoms with E-state index in [-0.39, 0.29) is 23.9 Å². The molecule has 1 saturated carbocycles. The number of carbonyl (C=O) groups is 2. The first-order chi connectivity index (χ1) is 11.1. The Bertz CT molecular complexity index is 659. The highest BCUT2D eigenvalue weighted by Gasteiger charge is 2.36. The number of rotatable bonds is 3. The first kappa shape index (κ1) is 15.8. The van der Waals surface area contributed by atoms with E-state index in [9.17, 15) is 14.9 Å². The first-order valence-electron chi connectivity index (χ1n) is 7.90. The second kappa shape index (κ2) is 6.59. The lowest BCUT2D eigenvalue weighted by molar-refractivity contribution is -0.141. The highest BCUT2D eigenvalue weighted by molar-refractivity contribution is 6.33. The molecule has 0 radical (unpaired) electrons. The van der Waals surface area contributed by atoms with Gasteiger partial charge in [-0.15, -0.1) is 0 Å². The molecule has 1 aliphatic carbocycles. The Morgan fingerprint density at radius 3 is 2.39 bits per heavy atom. The maximum atomic E-state index is 11.8. The zero-order chi connectivity index (χ0) is 16.4. The molecule has 0 unspecified atom stereocenters. The maximum absolute atomic E-state index is 11.8. The molecule has 0 aromatic heterocycles. The van der Waals surface area contributed by atoms with Gasteiger partial charge in [-0.1, -0.05) is 17.7 Å². The van der Waals surface area contributed by atoms with Crippen LogP contribution in [0.25, 0.3) is 0 Å². The van der Waals surface area contributed by atoms with Crippen LogP contribution >= 0.6 is 11.6 Å². The number of imide groups is 1. The van der Waals surface area contributed by atoms with Gasteiger partial charge in [0.2, 0.25) is 11.8 Å². The number of anilines is 1. The highest BCUT2D eigenvalue weighted by atomic mass is 35.5. The molecule has 2 amide bonds. The van der Waals surface area contributed by atoms with E-state index >= 15 is 0 Å². The number of nitrogens with zero attached hydrogens (tertiary/aromatic N) is 2. The van der Waals surface area contributed by atoms with Crippen molar-refractivity contribution in [3.8, 4) is 6.07 Å². The van der Waals surface area contributed by atoms with E-state index in [1.54, 1.807) is 18.2 Å². The fourth-order valence-corrected chi connectivity index (χ4v) is 3.68. The number of nitrogens with one attached hydrogen (secondary N) is 1. The summed E-state index contributed by atoms with van der Waals surface area (Å²) >= 11 is 6.19. The number of halogens is 1. The van der Waals surface area contributed by atoms with Gasteiger partial charge in [-0.25, -0.2) is 0 Å². The molecule has 120 valence electrons. The summed E-state index contributed by atoms with van der Waals surface area (Å²) in [7, 11) is 0. The second-order valence-corrected chi connectivity index (χ2v) is 6.49. The van der Waals surface area contributed by atoms with Gasteiger partial charge in [-0.3, -0.25) is 14.5 Å². The van der Waals surface area contributed by atoms with Crippen molar-refractivity contribution in [2.75, 3.05) is 5.32 Å². The van der Waals surface area contributed by atoms with Crippen LogP contribution in [0, 0.1) is 11.3 Å². The summed E-state index contributed by atoms with van der Waals surface area (Å²) in [5, 5.41) is 13.1. The quantitative estimate of drug-likeness (QED) is 0.864. The van der Waals surface area contributed by atoms with Gasteiger partial charge in [0, 0.05) is 24.9 Å². The average molecular weight is 332 g/mol. The van der Waals surface area contributed by atoms with Crippen LogP contribution in [0.15, 0.2) is 18.2 Å². The topological polar surface area (TPSA) is 73.2 Å². The van der Waals surface area contributed by atoms with Gasteiger partial charge in [0.25, 0.3) is 0 Å². The predicted molar refractivity (Wildman–Crippen MR) is 86.9 cm³/mol. The molecule has 0 bridgehead atoms. The maximum Gasteiger partial charge on any atom is 0.229 e. The zero-order valence-electron chi connectivity index (χ0n) is 12.7. The molecule has 23 heavy (non-hydrogen) atoms. The van der Waals surface area contributed by atoms with E-state index in [0.29, 0.717) is 29.1 Å². The molecule has 1 N–H and O–H groups in total. The summed E-state index contributed by atoms with van der Waals surface area (Å²) in [6.07, 6.45) is 3.98. The van der Waals surface area contributed by atoms with E-state index < -0.39 is 0 Å². The minimum Gasteiger partial charge on any atom is -0.380 e. The summed E-state index contributed by atoms with van der Waals surface area (Å²) in [6, 6.07) is 7.63. The van der Waals surface area contributed by atoms with E-state index in [0.717, 1.165) is 25.7 Å². The van der Waals surface area contributed by atoms with E-state index in [4.69, 9.17) is 11.6 Å². The Morgan fingerprint density at radius 1 is 1.13 bits per heavy atom. The van der Waals surface area contributed by atoms with Gasteiger partial charge >= 0.3 is 0 Å². The van der Waals surface area contributed by atoms with Gasteiger partial charge < -0.3 is 5.32 Å². The molecule has 6 heteroatoms. The van der Waals surface area contributed by atoms with Crippen molar-refractivity contribution in [2.24, 2.45) is 0 Å². The van der Waals surface area contributed by atoms with Gasteiger partial charge in [0.1, 0.15) is 6.07 Å². The Morgan fingerprint density at radius 2 is 1.78 bits per heavy atom. The van der Waals surface area contributed by atoms with Crippen LogP contribution in [-0.4, -0.2) is 28.8 Å². The fourth-order valence-electron chi connectivity index (χ4n) is 3.45. The molecular formula is C17H18ClN3O2. The summed E-state index contributed by atoms with van der Waals surface area (Å²) < 4.78 is 0. The van der Waals surface area contributed by atoms with Crippen LogP contribution in [0.4, 0.5) is 5.69 Å². The number of likely N-dealkylation sites (tertiary alicyclic amines) is 1. The number of nitriles is 1. The van der Waals surface area contributed by atoms with Crippen LogP contribution < -0.4 is 5.32 Å². The lowest BCUT2D eigenvalue weighted by Gasteiger charge is -2.34. The Labute approximate surface area is 140 Å².